The Morgan fingerprint density at radius 3 is 1.13 bits per heavy atom. The average molecular weight is 1050 g/mol. The van der Waals surface area contributed by atoms with Gasteiger partial charge in [-0.15, -0.1) is 0 Å². The van der Waals surface area contributed by atoms with Crippen LogP contribution in [0.25, 0.3) is 11.1 Å². The van der Waals surface area contributed by atoms with Gasteiger partial charge < -0.3 is 19.3 Å². The normalized spacial score (nSPS) is 12.6. The Morgan fingerprint density at radius 1 is 0.380 bits per heavy atom. The summed E-state index contributed by atoms with van der Waals surface area (Å²) in [5.41, 5.74) is 15.2. The van der Waals surface area contributed by atoms with Gasteiger partial charge in [-0.1, -0.05) is 168 Å². The first-order valence-electron chi connectivity index (χ1n) is 28.1. The van der Waals surface area contributed by atoms with Crippen LogP contribution in [0.5, 0.6) is 17.2 Å². The van der Waals surface area contributed by atoms with Gasteiger partial charge in [-0.3, -0.25) is 0 Å². The Hall–Kier alpha value is -8.25. The van der Waals surface area contributed by atoms with E-state index in [1.54, 1.807) is 11.8 Å². The average Bonchev–Trinajstić information content (AvgIpc) is 3.80. The van der Waals surface area contributed by atoms with Crippen LogP contribution >= 0.6 is 11.8 Å². The maximum Gasteiger partial charge on any atom is 0.127 e. The van der Waals surface area contributed by atoms with Crippen LogP contribution in [0.4, 0.5) is 34.1 Å². The molecule has 0 atom stereocenters. The summed E-state index contributed by atoms with van der Waals surface area (Å²) in [6.45, 7) is 13.5. The molecule has 0 amide bonds. The third-order valence-corrected chi connectivity index (χ3v) is 17.5. The van der Waals surface area contributed by atoms with Crippen molar-refractivity contribution >= 4 is 45.9 Å². The fraction of sp³-hybridized carbons (Fsp3) is 0.189. The molecule has 4 nitrogen and oxygen atoms in total. The summed E-state index contributed by atoms with van der Waals surface area (Å²) >= 11 is 1.73. The number of hydrogen-bond acceptors (Lipinski definition) is 5. The van der Waals surface area contributed by atoms with E-state index in [9.17, 15) is 0 Å². The topological polar surface area (TPSA) is 24.9 Å². The van der Waals surface area contributed by atoms with E-state index in [1.165, 1.54) is 38.9 Å². The predicted octanol–water partition coefficient (Wildman–Crippen LogP) is 21.0. The van der Waals surface area contributed by atoms with Crippen molar-refractivity contribution in [2.45, 2.75) is 99.9 Å². The fourth-order valence-corrected chi connectivity index (χ4v) is 12.0. The zero-order valence-corrected chi connectivity index (χ0v) is 47.2. The lowest BCUT2D eigenvalue weighted by molar-refractivity contribution is 0.0802. The number of para-hydroxylation sites is 4. The molecule has 5 heteroatoms. The molecule has 0 heterocycles. The Labute approximate surface area is 473 Å². The summed E-state index contributed by atoms with van der Waals surface area (Å²) in [6, 6.07) is 92.6. The van der Waals surface area contributed by atoms with Gasteiger partial charge in [-0.25, -0.2) is 0 Å². The lowest BCUT2D eigenvalue weighted by atomic mass is 9.69. The minimum Gasteiger partial charge on any atom is -0.488 e. The summed E-state index contributed by atoms with van der Waals surface area (Å²) < 4.78 is 12.9. The molecule has 1 aliphatic rings. The molecular formula is C74H70N2O2S. The van der Waals surface area contributed by atoms with Crippen molar-refractivity contribution in [3.8, 4) is 28.4 Å². The van der Waals surface area contributed by atoms with E-state index in [4.69, 9.17) is 9.47 Å². The van der Waals surface area contributed by atoms with Crippen LogP contribution in [0.2, 0.25) is 0 Å². The van der Waals surface area contributed by atoms with Crippen LogP contribution in [0.15, 0.2) is 265 Å². The highest BCUT2D eigenvalue weighted by molar-refractivity contribution is 7.99. The number of anilines is 6. The molecule has 0 aromatic heterocycles. The molecular weight excluding hydrogens is 981 g/mol. The molecule has 11 rings (SSSR count). The molecule has 0 spiro atoms. The van der Waals surface area contributed by atoms with Crippen molar-refractivity contribution in [3.63, 3.8) is 0 Å². The molecule has 0 aliphatic heterocycles. The Kier molecular flexibility index (Phi) is 15.4. The zero-order chi connectivity index (χ0) is 54.4. The number of fused-ring (bicyclic) bond motifs is 3. The second kappa shape index (κ2) is 23.0. The summed E-state index contributed by atoms with van der Waals surface area (Å²) in [7, 11) is 0. The van der Waals surface area contributed by atoms with E-state index in [0.29, 0.717) is 0 Å². The molecule has 0 bridgehead atoms. The van der Waals surface area contributed by atoms with Gasteiger partial charge in [0, 0.05) is 49.3 Å². The van der Waals surface area contributed by atoms with E-state index < -0.39 is 5.41 Å². The highest BCUT2D eigenvalue weighted by Crippen LogP contribution is 2.56. The number of hydrogen-bond donors (Lipinski definition) is 0. The Bertz CT molecular complexity index is 3390. The maximum absolute atomic E-state index is 6.59. The molecule has 0 radical (unpaired) electrons. The van der Waals surface area contributed by atoms with Crippen molar-refractivity contribution in [2.24, 2.45) is 0 Å². The minimum absolute atomic E-state index is 0.0718. The molecule has 1 aliphatic carbocycles. The SMILES string of the molecule is CCC(C)(CC)Oc1ccc(Sc2ccc(Oc3ccc(CC4(Cc5ccc(C(C)(C)CC)cc5)c5cc(N(c6ccccc6)c6ccccc6)ccc5-c5ccc(N(c6ccccc6)c6ccccc6)cc54)cc3)cc2)cc1. The first-order valence-corrected chi connectivity index (χ1v) is 28.9. The molecule has 0 saturated heterocycles. The van der Waals surface area contributed by atoms with E-state index in [0.717, 1.165) is 93.3 Å². The van der Waals surface area contributed by atoms with Gasteiger partial charge in [0.15, 0.2) is 0 Å². The lowest BCUT2D eigenvalue weighted by Crippen LogP contribution is -2.31. The number of ether oxygens (including phenoxy) is 2. The monoisotopic (exact) mass is 1050 g/mol. The van der Waals surface area contributed by atoms with Crippen molar-refractivity contribution in [3.05, 3.63) is 283 Å². The quantitative estimate of drug-likeness (QED) is 0.0757. The standard InChI is InChI=1S/C74H70N2O2S/c1-7-72(4,5)56-34-30-54(31-35-56)52-74(53-55-32-38-63(39-33-55)77-64-40-44-66(45-41-64)79-67-46-42-65(43-47-67)78-73(6,8-2)9-3)70-50-61(75(57-22-14-10-15-23-57)58-24-16-11-17-25-58)36-48-68(70)69-49-37-62(51-71(69)74)76(59-26-18-12-19-27-59)60-28-20-13-21-29-60/h10-51H,7-9,52-53H2,1-6H3. The number of rotatable bonds is 20. The van der Waals surface area contributed by atoms with Crippen molar-refractivity contribution in [2.75, 3.05) is 9.80 Å². The first-order chi connectivity index (χ1) is 38.5. The van der Waals surface area contributed by atoms with Crippen molar-refractivity contribution in [1.82, 2.24) is 0 Å². The summed E-state index contributed by atoms with van der Waals surface area (Å²) in [5.74, 6) is 2.51. The molecule has 79 heavy (non-hydrogen) atoms. The summed E-state index contributed by atoms with van der Waals surface area (Å²) in [4.78, 5) is 7.10. The molecule has 394 valence electrons. The van der Waals surface area contributed by atoms with Gasteiger partial charge in [0.2, 0.25) is 0 Å². The maximum atomic E-state index is 6.59. The highest BCUT2D eigenvalue weighted by Gasteiger charge is 2.44. The van der Waals surface area contributed by atoms with Crippen molar-refractivity contribution < 1.29 is 9.47 Å². The van der Waals surface area contributed by atoms with Crippen LogP contribution in [0.1, 0.15) is 88.6 Å². The fourth-order valence-electron chi connectivity index (χ4n) is 11.1. The number of benzene rings is 10. The smallest absolute Gasteiger partial charge is 0.127 e. The van der Waals surface area contributed by atoms with E-state index in [2.05, 4.69) is 306 Å². The van der Waals surface area contributed by atoms with E-state index >= 15 is 0 Å². The van der Waals surface area contributed by atoms with Crippen LogP contribution in [-0.2, 0) is 23.7 Å². The van der Waals surface area contributed by atoms with Gasteiger partial charge in [-0.2, -0.15) is 0 Å². The first kappa shape index (κ1) is 52.8. The Balaban J connectivity index is 0.991. The number of nitrogens with zero attached hydrogens (tertiary/aromatic N) is 2. The van der Waals surface area contributed by atoms with Crippen LogP contribution in [0.3, 0.4) is 0 Å². The molecule has 0 unspecified atom stereocenters. The molecule has 0 N–H and O–H groups in total. The third kappa shape index (κ3) is 11.4. The second-order valence-corrected chi connectivity index (χ2v) is 23.0. The van der Waals surface area contributed by atoms with Gasteiger partial charge >= 0.3 is 0 Å². The van der Waals surface area contributed by atoms with Gasteiger partial charge in [0.1, 0.15) is 22.8 Å². The molecule has 0 fully saturated rings. The predicted molar refractivity (Wildman–Crippen MR) is 332 cm³/mol. The van der Waals surface area contributed by atoms with E-state index in [1.807, 2.05) is 0 Å². The van der Waals surface area contributed by atoms with Crippen LogP contribution in [-0.4, -0.2) is 5.60 Å². The molecule has 10 aromatic rings. The molecule has 10 aromatic carbocycles. The van der Waals surface area contributed by atoms with E-state index in [-0.39, 0.29) is 11.0 Å². The summed E-state index contributed by atoms with van der Waals surface area (Å²) in [6.07, 6.45) is 4.54. The van der Waals surface area contributed by atoms with Crippen LogP contribution in [0, 0.1) is 0 Å². The minimum atomic E-state index is -0.495. The second-order valence-electron chi connectivity index (χ2n) is 21.9. The molecule has 0 saturated carbocycles. The van der Waals surface area contributed by atoms with Crippen LogP contribution < -0.4 is 19.3 Å². The highest BCUT2D eigenvalue weighted by atomic mass is 32.2. The third-order valence-electron chi connectivity index (χ3n) is 16.4. The summed E-state index contributed by atoms with van der Waals surface area (Å²) in [5, 5.41) is 0. The van der Waals surface area contributed by atoms with Gasteiger partial charge in [-0.05, 0) is 217 Å². The van der Waals surface area contributed by atoms with Gasteiger partial charge in [0.05, 0.1) is 0 Å². The lowest BCUT2D eigenvalue weighted by Gasteiger charge is -2.35. The Morgan fingerprint density at radius 2 is 0.747 bits per heavy atom. The largest absolute Gasteiger partial charge is 0.488 e. The zero-order valence-electron chi connectivity index (χ0n) is 46.4. The van der Waals surface area contributed by atoms with Gasteiger partial charge in [0.25, 0.3) is 0 Å². The van der Waals surface area contributed by atoms with Crippen molar-refractivity contribution in [1.29, 1.82) is 0 Å².